The lowest BCUT2D eigenvalue weighted by molar-refractivity contribution is -0.132. The van der Waals surface area contributed by atoms with Gasteiger partial charge in [-0.25, -0.2) is 4.68 Å². The van der Waals surface area contributed by atoms with Crippen molar-refractivity contribution >= 4 is 5.91 Å². The summed E-state index contributed by atoms with van der Waals surface area (Å²) in [6, 6.07) is 16.6. The zero-order valence-corrected chi connectivity index (χ0v) is 17.9. The molecule has 1 amide bonds. The lowest BCUT2D eigenvalue weighted by Crippen LogP contribution is -2.53. The monoisotopic (exact) mass is 427 g/mol. The fourth-order valence-electron chi connectivity index (χ4n) is 4.79. The normalized spacial score (nSPS) is 18.7. The van der Waals surface area contributed by atoms with E-state index in [0.717, 1.165) is 62.3 Å². The molecule has 2 aromatic carbocycles. The fraction of sp³-hybridized carbons (Fsp3) is 0.375. The van der Waals surface area contributed by atoms with Gasteiger partial charge in [0.25, 0.3) is 0 Å². The summed E-state index contributed by atoms with van der Waals surface area (Å²) in [7, 11) is 0. The maximum atomic E-state index is 12.8. The highest BCUT2D eigenvalue weighted by atomic mass is 16.2. The number of hydrogen-bond acceptors (Lipinski definition) is 6. The number of amides is 1. The quantitative estimate of drug-likeness (QED) is 0.630. The summed E-state index contributed by atoms with van der Waals surface area (Å²) < 4.78 is 1.59. The van der Waals surface area contributed by atoms with Crippen LogP contribution in [0.15, 0.2) is 48.8 Å². The van der Waals surface area contributed by atoms with Gasteiger partial charge in [0.05, 0.1) is 23.7 Å². The smallest absolute Gasteiger partial charge is 0.227 e. The minimum absolute atomic E-state index is 0.174. The summed E-state index contributed by atoms with van der Waals surface area (Å²) in [5, 5.41) is 20.4. The van der Waals surface area contributed by atoms with Gasteiger partial charge in [-0.1, -0.05) is 18.2 Å². The van der Waals surface area contributed by atoms with Crippen LogP contribution in [0.4, 0.5) is 0 Å². The molecule has 0 radical (unpaired) electrons. The first-order chi connectivity index (χ1) is 15.7. The van der Waals surface area contributed by atoms with Crippen LogP contribution < -0.4 is 0 Å². The van der Waals surface area contributed by atoms with E-state index in [1.165, 1.54) is 11.1 Å². The first kappa shape index (κ1) is 20.3. The first-order valence-corrected chi connectivity index (χ1v) is 11.1. The minimum atomic E-state index is 0.174. The molecule has 2 heterocycles. The van der Waals surface area contributed by atoms with E-state index < -0.39 is 0 Å². The molecule has 5 rings (SSSR count). The Hall–Kier alpha value is -3.57. The molecule has 1 unspecified atom stereocenters. The summed E-state index contributed by atoms with van der Waals surface area (Å²) in [6.45, 7) is 3.34. The molecule has 1 saturated heterocycles. The Bertz CT molecular complexity index is 1130. The molecule has 1 aliphatic heterocycles. The van der Waals surface area contributed by atoms with Crippen LogP contribution in [-0.4, -0.2) is 68.1 Å². The van der Waals surface area contributed by atoms with E-state index >= 15 is 0 Å². The van der Waals surface area contributed by atoms with Crippen LogP contribution in [0.25, 0.3) is 5.69 Å². The molecule has 0 bridgehead atoms. The third kappa shape index (κ3) is 4.25. The summed E-state index contributed by atoms with van der Waals surface area (Å²) in [5.74, 6) is 0.174. The Morgan fingerprint density at radius 2 is 1.88 bits per heavy atom. The second-order valence-electron chi connectivity index (χ2n) is 8.51. The van der Waals surface area contributed by atoms with Crippen LogP contribution in [0.2, 0.25) is 0 Å². The van der Waals surface area contributed by atoms with Gasteiger partial charge in [0, 0.05) is 32.2 Å². The molecule has 1 aliphatic carbocycles. The number of rotatable bonds is 4. The van der Waals surface area contributed by atoms with Crippen molar-refractivity contribution in [3.05, 3.63) is 71.0 Å². The summed E-state index contributed by atoms with van der Waals surface area (Å²) in [5.41, 5.74) is 5.29. The van der Waals surface area contributed by atoms with Gasteiger partial charge >= 0.3 is 0 Å². The van der Waals surface area contributed by atoms with E-state index in [0.29, 0.717) is 12.5 Å². The molecule has 162 valence electrons. The maximum Gasteiger partial charge on any atom is 0.227 e. The van der Waals surface area contributed by atoms with Crippen LogP contribution in [0.1, 0.15) is 28.7 Å². The fourth-order valence-corrected chi connectivity index (χ4v) is 4.79. The Labute approximate surface area is 187 Å². The number of aryl methyl sites for hydroxylation is 1. The van der Waals surface area contributed by atoms with Gasteiger partial charge in [-0.2, -0.15) is 5.26 Å². The number of nitriles is 1. The van der Waals surface area contributed by atoms with Crippen molar-refractivity contribution in [2.75, 3.05) is 26.2 Å². The Kier molecular flexibility index (Phi) is 5.65. The highest BCUT2D eigenvalue weighted by molar-refractivity contribution is 5.79. The number of piperazine rings is 1. The van der Waals surface area contributed by atoms with Gasteiger partial charge in [0.15, 0.2) is 0 Å². The molecule has 0 saturated carbocycles. The topological polar surface area (TPSA) is 90.9 Å². The van der Waals surface area contributed by atoms with Crippen molar-refractivity contribution in [1.82, 2.24) is 30.0 Å². The van der Waals surface area contributed by atoms with Crippen LogP contribution in [0, 0.1) is 11.3 Å². The van der Waals surface area contributed by atoms with Crippen LogP contribution in [0.3, 0.4) is 0 Å². The number of hydrogen-bond donors (Lipinski definition) is 0. The number of carbonyl (C=O) groups excluding carboxylic acids is 1. The summed E-state index contributed by atoms with van der Waals surface area (Å²) in [6.07, 6.45) is 5.15. The lowest BCUT2D eigenvalue weighted by atomic mass is 9.86. The average molecular weight is 428 g/mol. The van der Waals surface area contributed by atoms with Gasteiger partial charge in [-0.15, -0.1) is 5.10 Å². The Morgan fingerprint density at radius 1 is 1.06 bits per heavy atom. The van der Waals surface area contributed by atoms with E-state index in [4.69, 9.17) is 0 Å². The molecule has 8 nitrogen and oxygen atoms in total. The van der Waals surface area contributed by atoms with Gasteiger partial charge in [-0.05, 0) is 70.6 Å². The van der Waals surface area contributed by atoms with E-state index in [-0.39, 0.29) is 5.91 Å². The SMILES string of the molecule is N#Cc1ccc2c(c1)CC(N1CCN(C(=O)Cc3ccc(-n4cnnn4)cc3)CC1)CC2. The Balaban J connectivity index is 1.14. The van der Waals surface area contributed by atoms with Crippen LogP contribution in [-0.2, 0) is 24.1 Å². The second kappa shape index (κ2) is 8.89. The standard InChI is InChI=1S/C24H25N7O/c25-16-19-1-4-20-5-8-23(15-21(20)13-19)29-9-11-30(12-10-29)24(32)14-18-2-6-22(7-3-18)31-17-26-27-28-31/h1-4,6-7,13,17,23H,5,8-12,14-15H2. The predicted octanol–water partition coefficient (Wildman–Crippen LogP) is 1.78. The van der Waals surface area contributed by atoms with Gasteiger partial charge in [-0.3, -0.25) is 9.69 Å². The van der Waals surface area contributed by atoms with Crippen molar-refractivity contribution in [3.8, 4) is 11.8 Å². The molecule has 0 spiro atoms. The Morgan fingerprint density at radius 3 is 2.59 bits per heavy atom. The number of benzene rings is 2. The third-order valence-corrected chi connectivity index (χ3v) is 6.63. The number of carbonyl (C=O) groups is 1. The molecular weight excluding hydrogens is 402 g/mol. The van der Waals surface area contributed by atoms with E-state index in [9.17, 15) is 10.1 Å². The highest BCUT2D eigenvalue weighted by Gasteiger charge is 2.28. The number of aromatic nitrogens is 4. The zero-order chi connectivity index (χ0) is 21.9. The summed E-state index contributed by atoms with van der Waals surface area (Å²) >= 11 is 0. The number of fused-ring (bicyclic) bond motifs is 1. The van der Waals surface area contributed by atoms with Crippen molar-refractivity contribution < 1.29 is 4.79 Å². The van der Waals surface area contributed by atoms with Gasteiger partial charge in [0.2, 0.25) is 5.91 Å². The van der Waals surface area contributed by atoms with Crippen molar-refractivity contribution in [3.63, 3.8) is 0 Å². The van der Waals surface area contributed by atoms with Gasteiger partial charge in [0.1, 0.15) is 6.33 Å². The first-order valence-electron chi connectivity index (χ1n) is 11.1. The molecular formula is C24H25N7O. The minimum Gasteiger partial charge on any atom is -0.340 e. The lowest BCUT2D eigenvalue weighted by Gasteiger charge is -2.41. The molecule has 2 aliphatic rings. The molecule has 1 atom stereocenters. The van der Waals surface area contributed by atoms with E-state index in [1.807, 2.05) is 41.3 Å². The summed E-state index contributed by atoms with van der Waals surface area (Å²) in [4.78, 5) is 17.3. The average Bonchev–Trinajstić information content (AvgIpc) is 3.39. The molecule has 3 aromatic rings. The van der Waals surface area contributed by atoms with Gasteiger partial charge < -0.3 is 4.90 Å². The van der Waals surface area contributed by atoms with Crippen LogP contribution >= 0.6 is 0 Å². The van der Waals surface area contributed by atoms with E-state index in [2.05, 4.69) is 32.6 Å². The molecule has 1 fully saturated rings. The number of tetrazole rings is 1. The largest absolute Gasteiger partial charge is 0.340 e. The molecule has 0 N–H and O–H groups in total. The maximum absolute atomic E-state index is 12.8. The molecule has 1 aromatic heterocycles. The van der Waals surface area contributed by atoms with E-state index in [1.54, 1.807) is 11.0 Å². The molecule has 8 heteroatoms. The predicted molar refractivity (Wildman–Crippen MR) is 118 cm³/mol. The highest BCUT2D eigenvalue weighted by Crippen LogP contribution is 2.26. The van der Waals surface area contributed by atoms with Crippen molar-refractivity contribution in [2.45, 2.75) is 31.7 Å². The number of nitrogens with zero attached hydrogens (tertiary/aromatic N) is 7. The third-order valence-electron chi connectivity index (χ3n) is 6.63. The van der Waals surface area contributed by atoms with Crippen molar-refractivity contribution in [1.29, 1.82) is 5.26 Å². The zero-order valence-electron chi connectivity index (χ0n) is 17.9. The molecule has 32 heavy (non-hydrogen) atoms. The second-order valence-corrected chi connectivity index (χ2v) is 8.51. The van der Waals surface area contributed by atoms with Crippen molar-refractivity contribution in [2.24, 2.45) is 0 Å². The van der Waals surface area contributed by atoms with Crippen LogP contribution in [0.5, 0.6) is 0 Å².